The Labute approximate surface area is 120 Å². The van der Waals surface area contributed by atoms with Crippen molar-refractivity contribution in [3.05, 3.63) is 0 Å². The van der Waals surface area contributed by atoms with Crippen LogP contribution < -0.4 is 5.32 Å². The summed E-state index contributed by atoms with van der Waals surface area (Å²) in [4.78, 5) is 24.6. The lowest BCUT2D eigenvalue weighted by atomic mass is 9.79. The van der Waals surface area contributed by atoms with Crippen LogP contribution in [-0.2, 0) is 23.8 Å². The molecule has 0 aromatic rings. The van der Waals surface area contributed by atoms with Gasteiger partial charge in [-0.25, -0.2) is 0 Å². The number of nitrogens with one attached hydrogen (secondary N) is 1. The van der Waals surface area contributed by atoms with Crippen LogP contribution in [0, 0.1) is 5.41 Å². The molecule has 0 unspecified atom stereocenters. The van der Waals surface area contributed by atoms with E-state index in [0.717, 1.165) is 6.54 Å². The average molecular weight is 287 g/mol. The largest absolute Gasteiger partial charge is 0.465 e. The number of morpholine rings is 1. The van der Waals surface area contributed by atoms with Crippen molar-refractivity contribution in [2.75, 3.05) is 32.9 Å². The van der Waals surface area contributed by atoms with Gasteiger partial charge < -0.3 is 19.5 Å². The average Bonchev–Trinajstić information content (AvgIpc) is 2.46. The lowest BCUT2D eigenvalue weighted by molar-refractivity contribution is -0.176. The number of hydrogen-bond acceptors (Lipinski definition) is 6. The van der Waals surface area contributed by atoms with Gasteiger partial charge in [0.05, 0.1) is 25.9 Å². The molecule has 0 bridgehead atoms. The summed E-state index contributed by atoms with van der Waals surface area (Å²) in [5, 5.41) is 3.19. The molecule has 1 atom stereocenters. The van der Waals surface area contributed by atoms with Crippen molar-refractivity contribution in [1.29, 1.82) is 0 Å². The van der Waals surface area contributed by atoms with E-state index in [9.17, 15) is 9.59 Å². The normalized spacial score (nSPS) is 19.4. The predicted molar refractivity (Wildman–Crippen MR) is 73.2 cm³/mol. The molecule has 116 valence electrons. The molecule has 1 fully saturated rings. The summed E-state index contributed by atoms with van der Waals surface area (Å²) in [5.74, 6) is -1.04. The van der Waals surface area contributed by atoms with Crippen LogP contribution >= 0.6 is 0 Å². The van der Waals surface area contributed by atoms with Crippen LogP contribution in [0.4, 0.5) is 0 Å². The molecule has 6 heteroatoms. The molecule has 20 heavy (non-hydrogen) atoms. The quantitative estimate of drug-likeness (QED) is 0.553. The zero-order chi connectivity index (χ0) is 15.0. The van der Waals surface area contributed by atoms with Gasteiger partial charge in [0.1, 0.15) is 0 Å². The molecular weight excluding hydrogens is 262 g/mol. The number of ether oxygens (including phenoxy) is 3. The zero-order valence-corrected chi connectivity index (χ0v) is 12.6. The van der Waals surface area contributed by atoms with Crippen molar-refractivity contribution in [1.82, 2.24) is 5.32 Å². The highest BCUT2D eigenvalue weighted by atomic mass is 16.6. The summed E-state index contributed by atoms with van der Waals surface area (Å²) in [5.41, 5.74) is -1.27. The van der Waals surface area contributed by atoms with Gasteiger partial charge in [-0.3, -0.25) is 9.59 Å². The van der Waals surface area contributed by atoms with Gasteiger partial charge in [0.15, 0.2) is 5.41 Å². The number of hydrogen-bond donors (Lipinski definition) is 1. The maximum Gasteiger partial charge on any atom is 0.323 e. The Morgan fingerprint density at radius 2 is 1.80 bits per heavy atom. The molecule has 6 nitrogen and oxygen atoms in total. The molecule has 1 aliphatic rings. The molecule has 0 aliphatic carbocycles. The molecule has 1 N–H and O–H groups in total. The summed E-state index contributed by atoms with van der Waals surface area (Å²) in [6, 6.07) is 0. The maximum atomic E-state index is 12.3. The van der Waals surface area contributed by atoms with Crippen LogP contribution in [0.3, 0.4) is 0 Å². The fourth-order valence-corrected chi connectivity index (χ4v) is 2.36. The van der Waals surface area contributed by atoms with Crippen molar-refractivity contribution in [2.24, 2.45) is 5.41 Å². The number of carbonyl (C=O) groups excluding carboxylic acids is 2. The predicted octanol–water partition coefficient (Wildman–Crippen LogP) is 0.887. The van der Waals surface area contributed by atoms with Crippen LogP contribution in [-0.4, -0.2) is 51.0 Å². The Kier molecular flexibility index (Phi) is 6.95. The SMILES string of the molecule is CCOC(=O)C(CC)(C[C@H]1CNCCO1)C(=O)OCC. The van der Waals surface area contributed by atoms with E-state index < -0.39 is 17.4 Å². The van der Waals surface area contributed by atoms with E-state index in [2.05, 4.69) is 5.32 Å². The first-order valence-corrected chi connectivity index (χ1v) is 7.27. The van der Waals surface area contributed by atoms with Crippen molar-refractivity contribution in [2.45, 2.75) is 39.7 Å². The second-order valence-electron chi connectivity index (χ2n) is 4.78. The molecule has 0 aromatic heterocycles. The van der Waals surface area contributed by atoms with E-state index in [-0.39, 0.29) is 25.7 Å². The topological polar surface area (TPSA) is 73.9 Å². The molecule has 0 amide bonds. The van der Waals surface area contributed by atoms with Crippen LogP contribution in [0.2, 0.25) is 0 Å². The molecule has 1 saturated heterocycles. The maximum absolute atomic E-state index is 12.3. The van der Waals surface area contributed by atoms with Crippen LogP contribution in [0.25, 0.3) is 0 Å². The van der Waals surface area contributed by atoms with E-state index in [1.54, 1.807) is 20.8 Å². The third-order valence-electron chi connectivity index (χ3n) is 3.52. The molecular formula is C14H25NO5. The van der Waals surface area contributed by atoms with E-state index in [1.807, 2.05) is 0 Å². The van der Waals surface area contributed by atoms with E-state index in [0.29, 0.717) is 19.6 Å². The third kappa shape index (κ3) is 3.93. The Morgan fingerprint density at radius 3 is 2.20 bits per heavy atom. The van der Waals surface area contributed by atoms with E-state index >= 15 is 0 Å². The van der Waals surface area contributed by atoms with Gasteiger partial charge in [-0.1, -0.05) is 6.92 Å². The zero-order valence-electron chi connectivity index (χ0n) is 12.6. The molecule has 0 saturated carbocycles. The summed E-state index contributed by atoms with van der Waals surface area (Å²) < 4.78 is 15.8. The van der Waals surface area contributed by atoms with E-state index in [1.165, 1.54) is 0 Å². The summed E-state index contributed by atoms with van der Waals surface area (Å²) >= 11 is 0. The van der Waals surface area contributed by atoms with E-state index in [4.69, 9.17) is 14.2 Å². The first kappa shape index (κ1) is 16.9. The molecule has 1 heterocycles. The first-order chi connectivity index (χ1) is 9.60. The first-order valence-electron chi connectivity index (χ1n) is 7.27. The fourth-order valence-electron chi connectivity index (χ4n) is 2.36. The van der Waals surface area contributed by atoms with Gasteiger partial charge >= 0.3 is 11.9 Å². The number of esters is 2. The standard InChI is InChI=1S/C14H25NO5/c1-4-14(12(16)18-5-2,13(17)19-6-3)9-11-10-15-7-8-20-11/h11,15H,4-10H2,1-3H3/t11-/m0/s1. The Bertz CT molecular complexity index is 308. The highest BCUT2D eigenvalue weighted by Crippen LogP contribution is 2.33. The van der Waals surface area contributed by atoms with Crippen LogP contribution in [0.1, 0.15) is 33.6 Å². The summed E-state index contributed by atoms with van der Waals surface area (Å²) in [7, 11) is 0. The third-order valence-corrected chi connectivity index (χ3v) is 3.52. The van der Waals surface area contributed by atoms with Gasteiger partial charge in [0, 0.05) is 19.5 Å². The van der Waals surface area contributed by atoms with Gasteiger partial charge in [0.25, 0.3) is 0 Å². The van der Waals surface area contributed by atoms with Crippen molar-refractivity contribution < 1.29 is 23.8 Å². The Balaban J connectivity index is 2.90. The lowest BCUT2D eigenvalue weighted by Gasteiger charge is -2.33. The van der Waals surface area contributed by atoms with Crippen molar-refractivity contribution in [3.63, 3.8) is 0 Å². The highest BCUT2D eigenvalue weighted by Gasteiger charge is 2.49. The van der Waals surface area contributed by atoms with Gasteiger partial charge in [0.2, 0.25) is 0 Å². The van der Waals surface area contributed by atoms with Crippen LogP contribution in [0.15, 0.2) is 0 Å². The smallest absolute Gasteiger partial charge is 0.323 e. The lowest BCUT2D eigenvalue weighted by Crippen LogP contribution is -2.48. The number of rotatable bonds is 7. The van der Waals surface area contributed by atoms with Gasteiger partial charge in [-0.05, 0) is 20.3 Å². The summed E-state index contributed by atoms with van der Waals surface area (Å²) in [6.07, 6.45) is 0.441. The molecule has 0 radical (unpaired) electrons. The Hall–Kier alpha value is -1.14. The minimum absolute atomic E-state index is 0.183. The van der Waals surface area contributed by atoms with Crippen LogP contribution in [0.5, 0.6) is 0 Å². The minimum atomic E-state index is -1.27. The molecule has 0 spiro atoms. The molecule has 1 rings (SSSR count). The monoisotopic (exact) mass is 287 g/mol. The van der Waals surface area contributed by atoms with Gasteiger partial charge in [-0.2, -0.15) is 0 Å². The molecule has 1 aliphatic heterocycles. The Morgan fingerprint density at radius 1 is 1.20 bits per heavy atom. The molecule has 0 aromatic carbocycles. The second-order valence-corrected chi connectivity index (χ2v) is 4.78. The van der Waals surface area contributed by atoms with Crippen molar-refractivity contribution in [3.8, 4) is 0 Å². The number of carbonyl (C=O) groups is 2. The summed E-state index contributed by atoms with van der Waals surface area (Å²) in [6.45, 7) is 7.72. The van der Waals surface area contributed by atoms with Gasteiger partial charge in [-0.15, -0.1) is 0 Å². The minimum Gasteiger partial charge on any atom is -0.465 e. The van der Waals surface area contributed by atoms with Crippen molar-refractivity contribution >= 4 is 11.9 Å². The highest BCUT2D eigenvalue weighted by molar-refractivity contribution is 6.00. The fraction of sp³-hybridized carbons (Fsp3) is 0.857. The second kappa shape index (κ2) is 8.21.